The quantitative estimate of drug-likeness (QED) is 0.622. The number of carbonyl (C=O) groups is 2. The minimum atomic E-state index is -0.317. The van der Waals surface area contributed by atoms with E-state index >= 15 is 0 Å². The molecule has 2 atom stereocenters. The summed E-state index contributed by atoms with van der Waals surface area (Å²) < 4.78 is 5.67. The Bertz CT molecular complexity index is 591. The Labute approximate surface area is 155 Å². The van der Waals surface area contributed by atoms with E-state index in [9.17, 15) is 9.59 Å². The summed E-state index contributed by atoms with van der Waals surface area (Å²) >= 11 is 0. The standard InChI is InChI=1S/C19H30N4O3/c1-5-23(6-2)17-9-7-16(8-10-17)19(25)21-20-18(24)13-22-11-14(3)26-15(4)12-22/h7-10,14-15H,5-6,11-13H2,1-4H3,(H,20,24)(H,21,25)/p+1/t14-,15-/m0/s1. The van der Waals surface area contributed by atoms with Crippen molar-refractivity contribution in [3.05, 3.63) is 29.8 Å². The zero-order valence-corrected chi connectivity index (χ0v) is 16.2. The van der Waals surface area contributed by atoms with Crippen LogP contribution in [0.3, 0.4) is 0 Å². The zero-order chi connectivity index (χ0) is 19.1. The number of hydrogen-bond acceptors (Lipinski definition) is 4. The fourth-order valence-electron chi connectivity index (χ4n) is 3.42. The number of nitrogens with zero attached hydrogens (tertiary/aromatic N) is 1. The van der Waals surface area contributed by atoms with Crippen molar-refractivity contribution in [1.29, 1.82) is 0 Å². The van der Waals surface area contributed by atoms with Crippen LogP contribution in [0.25, 0.3) is 0 Å². The normalized spacial score (nSPS) is 22.5. The number of nitrogens with one attached hydrogen (secondary N) is 3. The van der Waals surface area contributed by atoms with E-state index in [-0.39, 0.29) is 24.0 Å². The first kappa shape index (κ1) is 20.2. The Morgan fingerprint density at radius 2 is 1.65 bits per heavy atom. The summed E-state index contributed by atoms with van der Waals surface area (Å²) in [6.07, 6.45) is 0.279. The third-order valence-electron chi connectivity index (χ3n) is 4.60. The molecule has 7 heteroatoms. The minimum absolute atomic E-state index is 0.139. The lowest BCUT2D eigenvalue weighted by Crippen LogP contribution is -3.16. The van der Waals surface area contributed by atoms with Gasteiger partial charge in [0.05, 0.1) is 0 Å². The molecule has 0 saturated carbocycles. The lowest BCUT2D eigenvalue weighted by Gasteiger charge is -2.31. The molecule has 0 aliphatic carbocycles. The fourth-order valence-corrected chi connectivity index (χ4v) is 3.42. The van der Waals surface area contributed by atoms with Crippen molar-refractivity contribution in [3.63, 3.8) is 0 Å². The first-order chi connectivity index (χ1) is 12.4. The third kappa shape index (κ3) is 5.71. The molecule has 144 valence electrons. The predicted octanol–water partition coefficient (Wildman–Crippen LogP) is -0.0141. The Hall–Kier alpha value is -2.12. The topological polar surface area (TPSA) is 75.1 Å². The Balaban J connectivity index is 1.81. The smallest absolute Gasteiger partial charge is 0.293 e. The molecule has 1 heterocycles. The predicted molar refractivity (Wildman–Crippen MR) is 101 cm³/mol. The van der Waals surface area contributed by atoms with Gasteiger partial charge in [-0.25, -0.2) is 0 Å². The zero-order valence-electron chi connectivity index (χ0n) is 16.2. The van der Waals surface area contributed by atoms with Crippen molar-refractivity contribution in [2.45, 2.75) is 39.9 Å². The Morgan fingerprint density at radius 3 is 2.19 bits per heavy atom. The summed E-state index contributed by atoms with van der Waals surface area (Å²) in [6.45, 7) is 11.9. The second kappa shape index (κ2) is 9.54. The van der Waals surface area contributed by atoms with Gasteiger partial charge in [-0.1, -0.05) is 0 Å². The highest BCUT2D eigenvalue weighted by Gasteiger charge is 2.27. The molecule has 3 N–H and O–H groups in total. The number of rotatable bonds is 6. The van der Waals surface area contributed by atoms with Crippen LogP contribution in [0.15, 0.2) is 24.3 Å². The Kier molecular flexibility index (Phi) is 7.41. The molecule has 1 saturated heterocycles. The Morgan fingerprint density at radius 1 is 1.08 bits per heavy atom. The van der Waals surface area contributed by atoms with Crippen molar-refractivity contribution in [2.24, 2.45) is 0 Å². The van der Waals surface area contributed by atoms with E-state index in [4.69, 9.17) is 4.74 Å². The highest BCUT2D eigenvalue weighted by Crippen LogP contribution is 2.14. The molecular weight excluding hydrogens is 332 g/mol. The van der Waals surface area contributed by atoms with Gasteiger partial charge in [0, 0.05) is 24.3 Å². The number of quaternary nitrogens is 1. The van der Waals surface area contributed by atoms with E-state index in [0.717, 1.165) is 36.8 Å². The molecular formula is C19H31N4O3+. The molecule has 0 radical (unpaired) electrons. The number of hydrogen-bond donors (Lipinski definition) is 3. The van der Waals surface area contributed by atoms with Crippen LogP contribution < -0.4 is 20.7 Å². The summed E-state index contributed by atoms with van der Waals surface area (Å²) in [6, 6.07) is 7.38. The molecule has 0 spiro atoms. The van der Waals surface area contributed by atoms with Crippen LogP contribution in [0.4, 0.5) is 5.69 Å². The van der Waals surface area contributed by atoms with Crippen molar-refractivity contribution in [3.8, 4) is 0 Å². The number of ether oxygens (including phenoxy) is 1. The van der Waals surface area contributed by atoms with Crippen molar-refractivity contribution >= 4 is 17.5 Å². The molecule has 1 aliphatic heterocycles. The average Bonchev–Trinajstić information content (AvgIpc) is 2.60. The van der Waals surface area contributed by atoms with Crippen LogP contribution in [0.2, 0.25) is 0 Å². The first-order valence-corrected chi connectivity index (χ1v) is 9.36. The highest BCUT2D eigenvalue weighted by molar-refractivity contribution is 5.95. The SMILES string of the molecule is CCN(CC)c1ccc(C(=O)NNC(=O)C[NH+]2C[C@H](C)O[C@@H](C)C2)cc1. The molecule has 2 amide bonds. The van der Waals surface area contributed by atoms with Gasteiger partial charge in [-0.3, -0.25) is 20.4 Å². The van der Waals surface area contributed by atoms with E-state index in [2.05, 4.69) is 29.6 Å². The second-order valence-corrected chi connectivity index (χ2v) is 6.81. The highest BCUT2D eigenvalue weighted by atomic mass is 16.5. The van der Waals surface area contributed by atoms with Crippen LogP contribution >= 0.6 is 0 Å². The number of amides is 2. The van der Waals surface area contributed by atoms with Crippen LogP contribution in [-0.4, -0.2) is 56.7 Å². The number of carbonyl (C=O) groups excluding carboxylic acids is 2. The van der Waals surface area contributed by atoms with Crippen molar-refractivity contribution in [1.82, 2.24) is 10.9 Å². The molecule has 7 nitrogen and oxygen atoms in total. The van der Waals surface area contributed by atoms with Gasteiger partial charge >= 0.3 is 0 Å². The largest absolute Gasteiger partial charge is 0.372 e. The van der Waals surface area contributed by atoms with E-state index in [1.165, 1.54) is 0 Å². The molecule has 0 bridgehead atoms. The molecule has 0 unspecified atom stereocenters. The third-order valence-corrected chi connectivity index (χ3v) is 4.60. The molecule has 1 aromatic rings. The van der Waals surface area contributed by atoms with Gasteiger partial charge in [0.2, 0.25) is 0 Å². The first-order valence-electron chi connectivity index (χ1n) is 9.36. The minimum Gasteiger partial charge on any atom is -0.372 e. The van der Waals surface area contributed by atoms with Gasteiger partial charge in [0.25, 0.3) is 11.8 Å². The summed E-state index contributed by atoms with van der Waals surface area (Å²) in [5.41, 5.74) is 6.59. The van der Waals surface area contributed by atoms with Gasteiger partial charge in [-0.15, -0.1) is 0 Å². The number of morpholine rings is 1. The van der Waals surface area contributed by atoms with Crippen LogP contribution in [-0.2, 0) is 9.53 Å². The van der Waals surface area contributed by atoms with Gasteiger partial charge < -0.3 is 14.5 Å². The maximum absolute atomic E-state index is 12.2. The van der Waals surface area contributed by atoms with E-state index in [1.54, 1.807) is 12.1 Å². The molecule has 1 fully saturated rings. The van der Waals surface area contributed by atoms with Gasteiger partial charge in [-0.05, 0) is 52.0 Å². The van der Waals surface area contributed by atoms with Crippen LogP contribution in [0, 0.1) is 0 Å². The van der Waals surface area contributed by atoms with Gasteiger partial charge in [0.1, 0.15) is 25.3 Å². The van der Waals surface area contributed by atoms with E-state index < -0.39 is 0 Å². The molecule has 1 aliphatic rings. The van der Waals surface area contributed by atoms with Gasteiger partial charge in [0.15, 0.2) is 6.54 Å². The lowest BCUT2D eigenvalue weighted by molar-refractivity contribution is -0.907. The number of hydrazine groups is 1. The summed E-state index contributed by atoms with van der Waals surface area (Å²) in [4.78, 5) is 27.7. The summed E-state index contributed by atoms with van der Waals surface area (Å²) in [7, 11) is 0. The fraction of sp³-hybridized carbons (Fsp3) is 0.579. The number of anilines is 1. The molecule has 2 rings (SSSR count). The maximum atomic E-state index is 12.2. The lowest BCUT2D eigenvalue weighted by atomic mass is 10.2. The molecule has 26 heavy (non-hydrogen) atoms. The monoisotopic (exact) mass is 363 g/mol. The second-order valence-electron chi connectivity index (χ2n) is 6.81. The van der Waals surface area contributed by atoms with Gasteiger partial charge in [-0.2, -0.15) is 0 Å². The van der Waals surface area contributed by atoms with Crippen molar-refractivity contribution in [2.75, 3.05) is 37.6 Å². The summed E-state index contributed by atoms with van der Waals surface area (Å²) in [5.74, 6) is -0.516. The molecule has 0 aromatic heterocycles. The molecule has 1 aromatic carbocycles. The summed E-state index contributed by atoms with van der Waals surface area (Å²) in [5, 5.41) is 0. The van der Waals surface area contributed by atoms with Crippen LogP contribution in [0.5, 0.6) is 0 Å². The van der Waals surface area contributed by atoms with E-state index in [0.29, 0.717) is 12.1 Å². The maximum Gasteiger partial charge on any atom is 0.293 e. The van der Waals surface area contributed by atoms with Crippen LogP contribution in [0.1, 0.15) is 38.1 Å². The number of benzene rings is 1. The average molecular weight is 363 g/mol. The van der Waals surface area contributed by atoms with Crippen molar-refractivity contribution < 1.29 is 19.2 Å². The van der Waals surface area contributed by atoms with E-state index in [1.807, 2.05) is 26.0 Å².